The van der Waals surface area contributed by atoms with Crippen molar-refractivity contribution in [1.29, 1.82) is 0 Å². The second-order valence-corrected chi connectivity index (χ2v) is 5.67. The number of aryl methyl sites for hydroxylation is 1. The van der Waals surface area contributed by atoms with E-state index in [9.17, 15) is 0 Å². The molecular weight excluding hydrogens is 232 g/mol. The zero-order valence-corrected chi connectivity index (χ0v) is 13.3. The lowest BCUT2D eigenvalue weighted by atomic mass is 9.76. The molecule has 1 saturated carbocycles. The first kappa shape index (κ1) is 16.2. The van der Waals surface area contributed by atoms with Gasteiger partial charge >= 0.3 is 0 Å². The van der Waals surface area contributed by atoms with Crippen LogP contribution in [0.25, 0.3) is 0 Å². The van der Waals surface area contributed by atoms with Crippen molar-refractivity contribution in [2.45, 2.75) is 65.4 Å². The van der Waals surface area contributed by atoms with Crippen LogP contribution in [-0.4, -0.2) is 12.7 Å². The summed E-state index contributed by atoms with van der Waals surface area (Å²) in [4.78, 5) is 0. The molecule has 1 aromatic carbocycles. The largest absolute Gasteiger partial charge is 0.378 e. The maximum absolute atomic E-state index is 5.89. The monoisotopic (exact) mass is 262 g/mol. The molecule has 108 valence electrons. The number of hydrogen-bond acceptors (Lipinski definition) is 1. The molecule has 0 saturated heterocycles. The quantitative estimate of drug-likeness (QED) is 0.731. The average Bonchev–Trinajstić information content (AvgIpc) is 2.46. The Morgan fingerprint density at radius 3 is 2.26 bits per heavy atom. The van der Waals surface area contributed by atoms with E-state index >= 15 is 0 Å². The summed E-state index contributed by atoms with van der Waals surface area (Å²) in [5.74, 6) is 0.871. The Kier molecular flexibility index (Phi) is 6.57. The van der Waals surface area contributed by atoms with Gasteiger partial charge in [0.2, 0.25) is 0 Å². The Bertz CT molecular complexity index is 362. The summed E-state index contributed by atoms with van der Waals surface area (Å²) in [6.07, 6.45) is 6.10. The van der Waals surface area contributed by atoms with Crippen molar-refractivity contribution in [2.24, 2.45) is 5.92 Å². The number of rotatable bonds is 3. The molecule has 0 spiro atoms. The molecule has 0 unspecified atom stereocenters. The first-order valence-corrected chi connectivity index (χ1v) is 7.75. The highest BCUT2D eigenvalue weighted by Gasteiger charge is 2.34. The first-order valence-electron chi connectivity index (χ1n) is 7.75. The van der Waals surface area contributed by atoms with Crippen molar-refractivity contribution < 1.29 is 4.74 Å². The van der Waals surface area contributed by atoms with Gasteiger partial charge in [0.1, 0.15) is 0 Å². The third kappa shape index (κ3) is 4.35. The summed E-state index contributed by atoms with van der Waals surface area (Å²) in [5, 5.41) is 0. The second-order valence-electron chi connectivity index (χ2n) is 5.67. The van der Waals surface area contributed by atoms with Crippen molar-refractivity contribution in [2.75, 3.05) is 7.11 Å². The van der Waals surface area contributed by atoms with Gasteiger partial charge in [-0.05, 0) is 49.7 Å². The van der Waals surface area contributed by atoms with Gasteiger partial charge in [-0.25, -0.2) is 0 Å². The van der Waals surface area contributed by atoms with Crippen LogP contribution >= 0.6 is 0 Å². The van der Waals surface area contributed by atoms with Crippen molar-refractivity contribution in [3.8, 4) is 0 Å². The summed E-state index contributed by atoms with van der Waals surface area (Å²) in [6.45, 7) is 8.55. The van der Waals surface area contributed by atoms with Gasteiger partial charge in [0, 0.05) is 13.5 Å². The lowest BCUT2D eigenvalue weighted by molar-refractivity contribution is -0.0470. The molecule has 1 aliphatic rings. The van der Waals surface area contributed by atoms with Gasteiger partial charge in [-0.3, -0.25) is 0 Å². The molecule has 0 amide bonds. The van der Waals surface area contributed by atoms with E-state index in [1.54, 1.807) is 0 Å². The van der Waals surface area contributed by atoms with Gasteiger partial charge < -0.3 is 4.74 Å². The molecule has 1 nitrogen and oxygen atoms in total. The van der Waals surface area contributed by atoms with Gasteiger partial charge in [0.05, 0.1) is 5.60 Å². The van der Waals surface area contributed by atoms with E-state index in [4.69, 9.17) is 4.74 Å². The van der Waals surface area contributed by atoms with E-state index in [2.05, 4.69) is 38.1 Å². The van der Waals surface area contributed by atoms with Crippen molar-refractivity contribution >= 4 is 0 Å². The maximum atomic E-state index is 5.89. The Morgan fingerprint density at radius 1 is 1.16 bits per heavy atom. The molecule has 1 fully saturated rings. The lowest BCUT2D eigenvalue weighted by Gasteiger charge is -2.38. The van der Waals surface area contributed by atoms with Gasteiger partial charge in [-0.1, -0.05) is 45.0 Å². The summed E-state index contributed by atoms with van der Waals surface area (Å²) in [5.41, 5.74) is 2.94. The highest BCUT2D eigenvalue weighted by molar-refractivity contribution is 5.27. The molecule has 0 aliphatic heterocycles. The number of benzene rings is 1. The lowest BCUT2D eigenvalue weighted by Crippen LogP contribution is -2.38. The third-order valence-corrected chi connectivity index (χ3v) is 4.39. The van der Waals surface area contributed by atoms with Crippen LogP contribution < -0.4 is 0 Å². The van der Waals surface area contributed by atoms with Gasteiger partial charge in [0.25, 0.3) is 0 Å². The Hall–Kier alpha value is -0.820. The molecular formula is C18H30O. The molecule has 2 rings (SSSR count). The molecule has 1 aliphatic carbocycles. The second kappa shape index (κ2) is 7.69. The summed E-state index contributed by atoms with van der Waals surface area (Å²) in [7, 11) is 1.88. The third-order valence-electron chi connectivity index (χ3n) is 4.39. The predicted molar refractivity (Wildman–Crippen MR) is 83.6 cm³/mol. The van der Waals surface area contributed by atoms with E-state index in [-0.39, 0.29) is 5.60 Å². The smallest absolute Gasteiger partial charge is 0.0719 e. The molecule has 0 atom stereocenters. The van der Waals surface area contributed by atoms with Crippen LogP contribution in [0, 0.1) is 12.8 Å². The van der Waals surface area contributed by atoms with Crippen LogP contribution in [0.5, 0.6) is 0 Å². The van der Waals surface area contributed by atoms with Crippen LogP contribution in [0.1, 0.15) is 57.6 Å². The zero-order chi connectivity index (χ0) is 14.3. The normalized spacial score (nSPS) is 26.5. The molecule has 0 heterocycles. The average molecular weight is 262 g/mol. The minimum atomic E-state index is 0.0959. The number of methoxy groups -OCH3 is 1. The van der Waals surface area contributed by atoms with E-state index in [0.717, 1.165) is 12.3 Å². The molecule has 1 heteroatoms. The fraction of sp³-hybridized carbons (Fsp3) is 0.667. The van der Waals surface area contributed by atoms with Crippen molar-refractivity contribution in [3.63, 3.8) is 0 Å². The van der Waals surface area contributed by atoms with Crippen LogP contribution in [-0.2, 0) is 11.2 Å². The van der Waals surface area contributed by atoms with Crippen molar-refractivity contribution in [1.82, 2.24) is 0 Å². The van der Waals surface area contributed by atoms with Crippen molar-refractivity contribution in [3.05, 3.63) is 35.4 Å². The van der Waals surface area contributed by atoms with E-state index in [1.165, 1.54) is 36.8 Å². The molecule has 0 radical (unpaired) electrons. The topological polar surface area (TPSA) is 9.23 Å². The van der Waals surface area contributed by atoms with Gasteiger partial charge in [0.15, 0.2) is 0 Å². The Morgan fingerprint density at radius 2 is 1.74 bits per heavy atom. The Labute approximate surface area is 119 Å². The maximum Gasteiger partial charge on any atom is 0.0719 e. The van der Waals surface area contributed by atoms with Gasteiger partial charge in [-0.15, -0.1) is 0 Å². The predicted octanol–water partition coefficient (Wildman–Crippen LogP) is 5.16. The highest BCUT2D eigenvalue weighted by Crippen LogP contribution is 2.37. The zero-order valence-electron chi connectivity index (χ0n) is 13.3. The summed E-state index contributed by atoms with van der Waals surface area (Å²) in [6, 6.07) is 8.69. The minimum Gasteiger partial charge on any atom is -0.378 e. The van der Waals surface area contributed by atoms with Crippen LogP contribution in [0.2, 0.25) is 0 Å². The Balaban J connectivity index is 0.000000861. The molecule has 0 N–H and O–H groups in total. The SMILES string of the molecule is CC.COC1(Cc2ccccc2C)CCC(C)CC1. The van der Waals surface area contributed by atoms with Crippen LogP contribution in [0.15, 0.2) is 24.3 Å². The van der Waals surface area contributed by atoms with E-state index in [0.29, 0.717) is 0 Å². The van der Waals surface area contributed by atoms with E-state index < -0.39 is 0 Å². The van der Waals surface area contributed by atoms with Crippen LogP contribution in [0.3, 0.4) is 0 Å². The molecule has 0 aromatic heterocycles. The standard InChI is InChI=1S/C16H24O.C2H6/c1-13-8-10-16(17-3,11-9-13)12-15-7-5-4-6-14(15)2;1-2/h4-7,13H,8-12H2,1-3H3;1-2H3. The van der Waals surface area contributed by atoms with Crippen LogP contribution in [0.4, 0.5) is 0 Å². The minimum absolute atomic E-state index is 0.0959. The molecule has 0 bridgehead atoms. The number of hydrogen-bond donors (Lipinski definition) is 0. The van der Waals surface area contributed by atoms with Gasteiger partial charge in [-0.2, -0.15) is 0 Å². The molecule has 19 heavy (non-hydrogen) atoms. The molecule has 1 aromatic rings. The first-order chi connectivity index (χ1) is 9.15. The van der Waals surface area contributed by atoms with E-state index in [1.807, 2.05) is 21.0 Å². The summed E-state index contributed by atoms with van der Waals surface area (Å²) < 4.78 is 5.89. The summed E-state index contributed by atoms with van der Waals surface area (Å²) >= 11 is 0. The fourth-order valence-corrected chi connectivity index (χ4v) is 2.90. The highest BCUT2D eigenvalue weighted by atomic mass is 16.5. The number of ether oxygens (including phenoxy) is 1. The fourth-order valence-electron chi connectivity index (χ4n) is 2.90.